The number of hydrogen-bond acceptors (Lipinski definition) is 4. The molecule has 1 aromatic rings. The zero-order valence-electron chi connectivity index (χ0n) is 13.9. The fraction of sp³-hybridized carbons (Fsp3) is 0.500. The predicted molar refractivity (Wildman–Crippen MR) is 82.3 cm³/mol. The third-order valence-corrected chi connectivity index (χ3v) is 3.94. The van der Waals surface area contributed by atoms with E-state index in [1.807, 2.05) is 0 Å². The van der Waals surface area contributed by atoms with E-state index in [1.165, 1.54) is 12.1 Å². The quantitative estimate of drug-likeness (QED) is 0.568. The molecule has 0 unspecified atom stereocenters. The van der Waals surface area contributed by atoms with Gasteiger partial charge in [0.05, 0.1) is 5.92 Å². The number of benzene rings is 1. The lowest BCUT2D eigenvalue weighted by Gasteiger charge is -2.20. The molecule has 2 atom stereocenters. The zero-order chi connectivity index (χ0) is 20.8. The van der Waals surface area contributed by atoms with Crippen LogP contribution < -0.4 is 5.32 Å². The maximum absolute atomic E-state index is 14.3. The van der Waals surface area contributed by atoms with E-state index < -0.39 is 35.5 Å². The highest BCUT2D eigenvalue weighted by molar-refractivity contribution is 5.73. The molecule has 0 saturated heterocycles. The molecule has 152 valence electrons. The number of carbonyl (C=O) groups is 2. The summed E-state index contributed by atoms with van der Waals surface area (Å²) in [4.78, 5) is 19.7. The highest BCUT2D eigenvalue weighted by Crippen LogP contribution is 2.37. The fourth-order valence-corrected chi connectivity index (χ4v) is 2.57. The molecule has 1 aromatic carbocycles. The second-order valence-electron chi connectivity index (χ2n) is 6.11. The lowest BCUT2D eigenvalue weighted by atomic mass is 10.0. The van der Waals surface area contributed by atoms with Crippen LogP contribution in [0.4, 0.5) is 22.0 Å². The molecule has 0 amide bonds. The number of carboxylic acids is 2. The van der Waals surface area contributed by atoms with Crippen LogP contribution in [0.2, 0.25) is 0 Å². The van der Waals surface area contributed by atoms with Crippen LogP contribution in [-0.4, -0.2) is 45.6 Å². The first-order valence-electron chi connectivity index (χ1n) is 7.74. The summed E-state index contributed by atoms with van der Waals surface area (Å²) in [5.74, 6) is -4.88. The van der Waals surface area contributed by atoms with E-state index in [9.17, 15) is 31.9 Å². The largest absolute Gasteiger partial charge is 0.508 e. The molecule has 0 radical (unpaired) electrons. The van der Waals surface area contributed by atoms with Gasteiger partial charge in [0.1, 0.15) is 17.2 Å². The van der Waals surface area contributed by atoms with Crippen molar-refractivity contribution in [1.29, 1.82) is 0 Å². The Labute approximate surface area is 150 Å². The van der Waals surface area contributed by atoms with Crippen molar-refractivity contribution < 1.29 is 46.9 Å². The Morgan fingerprint density at radius 2 is 1.85 bits per heavy atom. The van der Waals surface area contributed by atoms with Gasteiger partial charge in [0.15, 0.2) is 0 Å². The van der Waals surface area contributed by atoms with E-state index in [0.29, 0.717) is 12.0 Å². The first kappa shape index (κ1) is 22.6. The Bertz CT molecular complexity index is 682. The van der Waals surface area contributed by atoms with Gasteiger partial charge in [-0.2, -0.15) is 13.2 Å². The first-order chi connectivity index (χ1) is 12.3. The summed E-state index contributed by atoms with van der Waals surface area (Å²) in [5.41, 5.74) is -1.20. The molecule has 2 rings (SSSR count). The van der Waals surface area contributed by atoms with Gasteiger partial charge in [0.2, 0.25) is 0 Å². The molecule has 11 heteroatoms. The Kier molecular flexibility index (Phi) is 7.52. The summed E-state index contributed by atoms with van der Waals surface area (Å²) >= 11 is 0. The molecular weight excluding hydrogens is 381 g/mol. The van der Waals surface area contributed by atoms with E-state index in [2.05, 4.69) is 5.32 Å². The maximum Gasteiger partial charge on any atom is 0.490 e. The topological polar surface area (TPSA) is 107 Å². The molecule has 27 heavy (non-hydrogen) atoms. The van der Waals surface area contributed by atoms with Crippen molar-refractivity contribution in [3.05, 3.63) is 29.6 Å². The minimum atomic E-state index is -5.08. The second-order valence-corrected chi connectivity index (χ2v) is 6.11. The van der Waals surface area contributed by atoms with E-state index in [4.69, 9.17) is 15.0 Å². The number of nitrogens with one attached hydrogen (secondary N) is 1. The molecule has 6 nitrogen and oxygen atoms in total. The zero-order valence-corrected chi connectivity index (χ0v) is 13.9. The van der Waals surface area contributed by atoms with Crippen LogP contribution in [0.3, 0.4) is 0 Å². The third-order valence-electron chi connectivity index (χ3n) is 3.94. The minimum Gasteiger partial charge on any atom is -0.508 e. The number of hydrogen-bond donors (Lipinski definition) is 4. The summed E-state index contributed by atoms with van der Waals surface area (Å²) in [6.45, 7) is 0.125. The molecule has 1 aliphatic carbocycles. The number of alkyl halides is 4. The van der Waals surface area contributed by atoms with Crippen LogP contribution in [-0.2, 0) is 16.1 Å². The third kappa shape index (κ3) is 7.37. The minimum absolute atomic E-state index is 0.00721. The molecule has 4 N–H and O–H groups in total. The number of rotatable bonds is 5. The highest BCUT2D eigenvalue weighted by Gasteiger charge is 2.42. The summed E-state index contributed by atoms with van der Waals surface area (Å²) in [7, 11) is 0. The van der Waals surface area contributed by atoms with Crippen LogP contribution in [0, 0.1) is 11.7 Å². The number of carboxylic acid groups (broad SMARTS) is 2. The summed E-state index contributed by atoms with van der Waals surface area (Å²) in [5, 5.41) is 28.3. The van der Waals surface area contributed by atoms with Gasteiger partial charge < -0.3 is 20.6 Å². The van der Waals surface area contributed by atoms with Gasteiger partial charge in [-0.25, -0.2) is 13.6 Å². The van der Waals surface area contributed by atoms with Gasteiger partial charge in [-0.05, 0) is 37.5 Å². The average molecular weight is 399 g/mol. The summed E-state index contributed by atoms with van der Waals surface area (Å²) in [6, 6.07) is 3.57. The Balaban J connectivity index is 0.000000445. The van der Waals surface area contributed by atoms with E-state index in [-0.39, 0.29) is 31.7 Å². The van der Waals surface area contributed by atoms with Gasteiger partial charge in [0.25, 0.3) is 0 Å². The number of phenolic OH excluding ortho intramolecular Hbond substituents is 1. The smallest absolute Gasteiger partial charge is 0.490 e. The summed E-state index contributed by atoms with van der Waals surface area (Å²) in [6.07, 6.45) is -4.56. The van der Waals surface area contributed by atoms with Crippen molar-refractivity contribution >= 4 is 11.9 Å². The van der Waals surface area contributed by atoms with Crippen molar-refractivity contribution in [3.8, 4) is 5.75 Å². The van der Waals surface area contributed by atoms with E-state index in [1.54, 1.807) is 0 Å². The fourth-order valence-electron chi connectivity index (χ4n) is 2.57. The van der Waals surface area contributed by atoms with Crippen LogP contribution in [0.5, 0.6) is 5.75 Å². The van der Waals surface area contributed by atoms with Gasteiger partial charge in [-0.1, -0.05) is 0 Å². The number of halogens is 5. The standard InChI is InChI=1S/C14H17F2NO3.C2HF3O2/c15-11-1-2-12(18)10(5-11)7-17-8-14(16)4-3-9(6-14)13(19)20;3-2(4,5)1(6)7/h1-2,5,9,17-18H,3-4,6-8H2,(H,19,20);(H,6,7)/t9-,14-;/m1./s1. The van der Waals surface area contributed by atoms with Crippen LogP contribution in [0.15, 0.2) is 18.2 Å². The number of aromatic hydroxyl groups is 1. The lowest BCUT2D eigenvalue weighted by Crippen LogP contribution is -2.34. The van der Waals surface area contributed by atoms with Crippen LogP contribution in [0.25, 0.3) is 0 Å². The van der Waals surface area contributed by atoms with E-state index >= 15 is 0 Å². The van der Waals surface area contributed by atoms with Crippen LogP contribution in [0.1, 0.15) is 24.8 Å². The van der Waals surface area contributed by atoms with Gasteiger partial charge in [0, 0.05) is 18.7 Å². The Hall–Kier alpha value is -2.43. The van der Waals surface area contributed by atoms with Crippen molar-refractivity contribution in [2.45, 2.75) is 37.7 Å². The average Bonchev–Trinajstić information content (AvgIpc) is 2.93. The molecule has 0 aromatic heterocycles. The van der Waals surface area contributed by atoms with Gasteiger partial charge >= 0.3 is 18.1 Å². The van der Waals surface area contributed by atoms with Crippen molar-refractivity contribution in [1.82, 2.24) is 5.32 Å². The maximum atomic E-state index is 14.3. The SMILES string of the molecule is O=C(O)C(F)(F)F.O=C(O)[C@@H]1CC[C@](F)(CNCc2cc(F)ccc2O)C1. The van der Waals surface area contributed by atoms with Crippen molar-refractivity contribution in [2.75, 3.05) is 6.54 Å². The van der Waals surface area contributed by atoms with Gasteiger partial charge in [-0.3, -0.25) is 4.79 Å². The van der Waals surface area contributed by atoms with Gasteiger partial charge in [-0.15, -0.1) is 0 Å². The number of aliphatic carboxylic acids is 2. The molecule has 0 spiro atoms. The molecule has 0 heterocycles. The number of phenols is 1. The Morgan fingerprint density at radius 3 is 2.33 bits per heavy atom. The Morgan fingerprint density at radius 1 is 1.26 bits per heavy atom. The van der Waals surface area contributed by atoms with Crippen LogP contribution >= 0.6 is 0 Å². The molecule has 0 aliphatic heterocycles. The molecule has 0 bridgehead atoms. The normalized spacial score (nSPS) is 22.0. The molecule has 1 fully saturated rings. The lowest BCUT2D eigenvalue weighted by molar-refractivity contribution is -0.192. The monoisotopic (exact) mass is 399 g/mol. The summed E-state index contributed by atoms with van der Waals surface area (Å²) < 4.78 is 59.1. The first-order valence-corrected chi connectivity index (χ1v) is 7.74. The molecule has 1 aliphatic rings. The second kappa shape index (κ2) is 8.98. The predicted octanol–water partition coefficient (Wildman–Crippen LogP) is 2.85. The van der Waals surface area contributed by atoms with Crippen molar-refractivity contribution in [3.63, 3.8) is 0 Å². The molecular formula is C16H18F5NO5. The van der Waals surface area contributed by atoms with Crippen molar-refractivity contribution in [2.24, 2.45) is 5.92 Å². The highest BCUT2D eigenvalue weighted by atomic mass is 19.4. The van der Waals surface area contributed by atoms with E-state index in [0.717, 1.165) is 6.07 Å². The molecule has 1 saturated carbocycles.